The molecule has 0 radical (unpaired) electrons. The number of hydrogen-bond acceptors (Lipinski definition) is 4. The first-order valence-corrected chi connectivity index (χ1v) is 9.67. The van der Waals surface area contributed by atoms with Crippen LogP contribution >= 0.6 is 0 Å². The quantitative estimate of drug-likeness (QED) is 0.839. The van der Waals surface area contributed by atoms with Crippen LogP contribution in [0, 0.1) is 0 Å². The summed E-state index contributed by atoms with van der Waals surface area (Å²) in [6.07, 6.45) is 3.44. The van der Waals surface area contributed by atoms with Gasteiger partial charge in [0.1, 0.15) is 5.75 Å². The van der Waals surface area contributed by atoms with E-state index in [9.17, 15) is 8.42 Å². The number of sulfonamides is 1. The fraction of sp³-hybridized carbons (Fsp3) is 0.333. The Labute approximate surface area is 141 Å². The van der Waals surface area contributed by atoms with Gasteiger partial charge in [-0.2, -0.15) is 0 Å². The van der Waals surface area contributed by atoms with Gasteiger partial charge in [-0.1, -0.05) is 6.07 Å². The van der Waals surface area contributed by atoms with Crippen molar-refractivity contribution >= 4 is 15.7 Å². The van der Waals surface area contributed by atoms with Gasteiger partial charge in [0.15, 0.2) is 0 Å². The molecule has 0 bridgehead atoms. The van der Waals surface area contributed by atoms with Crippen molar-refractivity contribution in [2.75, 3.05) is 12.3 Å². The smallest absolute Gasteiger partial charge is 0.241 e. The van der Waals surface area contributed by atoms with Crippen molar-refractivity contribution in [2.45, 2.75) is 36.6 Å². The summed E-state index contributed by atoms with van der Waals surface area (Å²) in [5, 5.41) is 0. The predicted octanol–water partition coefficient (Wildman–Crippen LogP) is 2.56. The van der Waals surface area contributed by atoms with Gasteiger partial charge in [0.25, 0.3) is 0 Å². The van der Waals surface area contributed by atoms with Gasteiger partial charge in [0, 0.05) is 18.2 Å². The molecule has 1 atom stereocenters. The van der Waals surface area contributed by atoms with Gasteiger partial charge in [0.2, 0.25) is 10.0 Å². The Morgan fingerprint density at radius 1 is 1.08 bits per heavy atom. The lowest BCUT2D eigenvalue weighted by Gasteiger charge is -2.26. The lowest BCUT2D eigenvalue weighted by atomic mass is 9.88. The zero-order valence-electron chi connectivity index (χ0n) is 13.3. The van der Waals surface area contributed by atoms with Gasteiger partial charge in [0.05, 0.1) is 11.5 Å². The summed E-state index contributed by atoms with van der Waals surface area (Å²) in [6, 6.07) is 10.6. The number of hydrogen-bond donors (Lipinski definition) is 2. The maximum Gasteiger partial charge on any atom is 0.241 e. The van der Waals surface area contributed by atoms with E-state index in [-0.39, 0.29) is 6.04 Å². The molecule has 5 nitrogen and oxygen atoms in total. The van der Waals surface area contributed by atoms with Crippen LogP contribution in [0.2, 0.25) is 0 Å². The molecular formula is C18H20N2O3S. The lowest BCUT2D eigenvalue weighted by Crippen LogP contribution is -2.31. The predicted molar refractivity (Wildman–Crippen MR) is 92.5 cm³/mol. The summed E-state index contributed by atoms with van der Waals surface area (Å²) in [5.41, 5.74) is 9.69. The van der Waals surface area contributed by atoms with Gasteiger partial charge >= 0.3 is 0 Å². The highest BCUT2D eigenvalue weighted by atomic mass is 32.2. The van der Waals surface area contributed by atoms with Crippen LogP contribution in [0.15, 0.2) is 41.3 Å². The van der Waals surface area contributed by atoms with Crippen molar-refractivity contribution in [3.05, 3.63) is 53.1 Å². The number of nitrogen functional groups attached to an aromatic ring is 1. The Morgan fingerprint density at radius 2 is 1.96 bits per heavy atom. The zero-order valence-corrected chi connectivity index (χ0v) is 14.1. The molecule has 1 aliphatic heterocycles. The van der Waals surface area contributed by atoms with Crippen molar-refractivity contribution in [3.8, 4) is 5.75 Å². The standard InChI is InChI=1S/C18H20N2O3S/c19-14-4-6-16-12(10-14)2-1-3-17(16)20-24(21,22)15-5-7-18-13(11-15)8-9-23-18/h4-7,10-11,17,20H,1-3,8-9,19H2. The number of nitrogens with one attached hydrogen (secondary N) is 1. The lowest BCUT2D eigenvalue weighted by molar-refractivity contribution is 0.356. The van der Waals surface area contributed by atoms with Gasteiger partial charge in [-0.3, -0.25) is 0 Å². The summed E-state index contributed by atoms with van der Waals surface area (Å²) in [4.78, 5) is 0.300. The van der Waals surface area contributed by atoms with E-state index in [1.54, 1.807) is 18.2 Å². The molecule has 1 unspecified atom stereocenters. The molecular weight excluding hydrogens is 324 g/mol. The summed E-state index contributed by atoms with van der Waals surface area (Å²) in [6.45, 7) is 0.615. The van der Waals surface area contributed by atoms with Crippen LogP contribution in [0.3, 0.4) is 0 Å². The first-order chi connectivity index (χ1) is 11.5. The van der Waals surface area contributed by atoms with Gasteiger partial charge in [-0.25, -0.2) is 13.1 Å². The fourth-order valence-electron chi connectivity index (χ4n) is 3.54. The second-order valence-electron chi connectivity index (χ2n) is 6.39. The van der Waals surface area contributed by atoms with Gasteiger partial charge < -0.3 is 10.5 Å². The first kappa shape index (κ1) is 15.5. The van der Waals surface area contributed by atoms with E-state index in [2.05, 4.69) is 4.72 Å². The van der Waals surface area contributed by atoms with Crippen LogP contribution in [0.5, 0.6) is 5.75 Å². The fourth-order valence-corrected chi connectivity index (χ4v) is 4.84. The molecule has 6 heteroatoms. The van der Waals surface area contributed by atoms with Gasteiger partial charge in [-0.15, -0.1) is 0 Å². The molecule has 0 saturated carbocycles. The van der Waals surface area contributed by atoms with E-state index in [0.717, 1.165) is 53.8 Å². The molecule has 24 heavy (non-hydrogen) atoms. The summed E-state index contributed by atoms with van der Waals surface area (Å²) < 4.78 is 33.9. The largest absolute Gasteiger partial charge is 0.493 e. The molecule has 2 aromatic rings. The highest BCUT2D eigenvalue weighted by Crippen LogP contribution is 2.33. The number of fused-ring (bicyclic) bond motifs is 2. The molecule has 3 N–H and O–H groups in total. The average molecular weight is 344 g/mol. The third kappa shape index (κ3) is 2.76. The molecule has 4 rings (SSSR count). The Morgan fingerprint density at radius 3 is 2.83 bits per heavy atom. The minimum Gasteiger partial charge on any atom is -0.493 e. The molecule has 1 heterocycles. The third-order valence-corrected chi connectivity index (χ3v) is 6.22. The van der Waals surface area contributed by atoms with E-state index in [1.165, 1.54) is 0 Å². The number of anilines is 1. The van der Waals surface area contributed by atoms with Crippen LogP contribution in [0.1, 0.15) is 35.6 Å². The second-order valence-corrected chi connectivity index (χ2v) is 8.11. The minimum atomic E-state index is -3.57. The molecule has 0 aromatic heterocycles. The maximum atomic E-state index is 12.8. The third-order valence-electron chi connectivity index (χ3n) is 4.75. The number of nitrogens with two attached hydrogens (primary N) is 1. The zero-order chi connectivity index (χ0) is 16.7. The Balaban J connectivity index is 1.63. The maximum absolute atomic E-state index is 12.8. The van der Waals surface area contributed by atoms with Crippen LogP contribution in [0.4, 0.5) is 5.69 Å². The van der Waals surface area contributed by atoms with E-state index in [0.29, 0.717) is 11.5 Å². The van der Waals surface area contributed by atoms with Crippen molar-refractivity contribution < 1.29 is 13.2 Å². The summed E-state index contributed by atoms with van der Waals surface area (Å²) in [5.74, 6) is 0.785. The SMILES string of the molecule is Nc1ccc2c(c1)CCCC2NS(=O)(=O)c1ccc2c(c1)CCO2. The Bertz CT molecular complexity index is 893. The van der Waals surface area contributed by atoms with E-state index >= 15 is 0 Å². The molecule has 0 amide bonds. The van der Waals surface area contributed by atoms with Crippen LogP contribution in [0.25, 0.3) is 0 Å². The highest BCUT2D eigenvalue weighted by molar-refractivity contribution is 7.89. The molecule has 1 aliphatic carbocycles. The van der Waals surface area contributed by atoms with E-state index in [4.69, 9.17) is 10.5 Å². The molecule has 0 fully saturated rings. The first-order valence-electron chi connectivity index (χ1n) is 8.19. The molecule has 2 aromatic carbocycles. The molecule has 2 aliphatic rings. The molecule has 0 spiro atoms. The normalized spacial score (nSPS) is 19.4. The number of ether oxygens (including phenoxy) is 1. The number of rotatable bonds is 3. The number of aryl methyl sites for hydroxylation is 1. The summed E-state index contributed by atoms with van der Waals surface area (Å²) in [7, 11) is -3.57. The molecule has 0 saturated heterocycles. The van der Waals surface area contributed by atoms with Crippen LogP contribution < -0.4 is 15.2 Å². The van der Waals surface area contributed by atoms with Crippen molar-refractivity contribution in [3.63, 3.8) is 0 Å². The van der Waals surface area contributed by atoms with Crippen LogP contribution in [-0.2, 0) is 22.9 Å². The minimum absolute atomic E-state index is 0.205. The van der Waals surface area contributed by atoms with Crippen molar-refractivity contribution in [1.29, 1.82) is 0 Å². The van der Waals surface area contributed by atoms with Crippen molar-refractivity contribution in [2.24, 2.45) is 0 Å². The van der Waals surface area contributed by atoms with E-state index in [1.807, 2.05) is 18.2 Å². The monoisotopic (exact) mass is 344 g/mol. The average Bonchev–Trinajstić information content (AvgIpc) is 3.02. The van der Waals surface area contributed by atoms with Crippen LogP contribution in [-0.4, -0.2) is 15.0 Å². The van der Waals surface area contributed by atoms with E-state index < -0.39 is 10.0 Å². The Hall–Kier alpha value is -2.05. The number of benzene rings is 2. The summed E-state index contributed by atoms with van der Waals surface area (Å²) >= 11 is 0. The second kappa shape index (κ2) is 5.79. The Kier molecular flexibility index (Phi) is 3.73. The van der Waals surface area contributed by atoms with Crippen molar-refractivity contribution in [1.82, 2.24) is 4.72 Å². The topological polar surface area (TPSA) is 81.4 Å². The highest BCUT2D eigenvalue weighted by Gasteiger charge is 2.27. The molecule has 126 valence electrons. The van der Waals surface area contributed by atoms with Gasteiger partial charge in [-0.05, 0) is 66.3 Å².